The van der Waals surface area contributed by atoms with Gasteiger partial charge in [-0.15, -0.1) is 0 Å². The molecule has 0 aromatic heterocycles. The van der Waals surface area contributed by atoms with Crippen molar-refractivity contribution in [3.63, 3.8) is 0 Å². The lowest BCUT2D eigenvalue weighted by Crippen LogP contribution is -2.12. The summed E-state index contributed by atoms with van der Waals surface area (Å²) >= 11 is 0. The Hall–Kier alpha value is -2.27. The molecular formula is C16H14O4S. The van der Waals surface area contributed by atoms with Crippen LogP contribution in [0, 0.1) is 0 Å². The van der Waals surface area contributed by atoms with E-state index >= 15 is 0 Å². The highest BCUT2D eigenvalue weighted by atomic mass is 32.2. The van der Waals surface area contributed by atoms with Crippen LogP contribution in [0.15, 0.2) is 54.6 Å². The van der Waals surface area contributed by atoms with E-state index in [1.807, 2.05) is 6.07 Å². The van der Waals surface area contributed by atoms with Gasteiger partial charge in [0.1, 0.15) is 0 Å². The molecule has 0 aliphatic rings. The summed E-state index contributed by atoms with van der Waals surface area (Å²) in [5.74, 6) is -1.10. The SMILES string of the molecule is O=C(O)c1cccc(CS(=O)CC(=O)c2ccccc2)c1. The Morgan fingerprint density at radius 2 is 1.62 bits per heavy atom. The van der Waals surface area contributed by atoms with Crippen molar-refractivity contribution in [2.24, 2.45) is 0 Å². The zero-order chi connectivity index (χ0) is 15.2. The topological polar surface area (TPSA) is 71.4 Å². The molecule has 0 aliphatic carbocycles. The minimum absolute atomic E-state index is 0.0681. The summed E-state index contributed by atoms with van der Waals surface area (Å²) in [6, 6.07) is 15.0. The molecule has 0 radical (unpaired) electrons. The second kappa shape index (κ2) is 6.95. The van der Waals surface area contributed by atoms with Gasteiger partial charge in [-0.05, 0) is 17.7 Å². The molecule has 0 amide bonds. The van der Waals surface area contributed by atoms with E-state index in [0.29, 0.717) is 11.1 Å². The number of carboxylic acid groups (broad SMARTS) is 1. The lowest BCUT2D eigenvalue weighted by molar-refractivity contribution is 0.0696. The molecule has 0 saturated carbocycles. The molecule has 21 heavy (non-hydrogen) atoms. The maximum atomic E-state index is 12.0. The van der Waals surface area contributed by atoms with Crippen LogP contribution >= 0.6 is 0 Å². The number of benzene rings is 2. The molecule has 2 aromatic rings. The molecule has 108 valence electrons. The number of hydrogen-bond donors (Lipinski definition) is 1. The molecule has 2 rings (SSSR count). The van der Waals surface area contributed by atoms with E-state index in [9.17, 15) is 13.8 Å². The fourth-order valence-electron chi connectivity index (χ4n) is 1.88. The molecule has 1 atom stereocenters. The highest BCUT2D eigenvalue weighted by Crippen LogP contribution is 2.09. The highest BCUT2D eigenvalue weighted by molar-refractivity contribution is 7.85. The van der Waals surface area contributed by atoms with Gasteiger partial charge >= 0.3 is 5.97 Å². The molecular weight excluding hydrogens is 288 g/mol. The maximum Gasteiger partial charge on any atom is 0.335 e. The largest absolute Gasteiger partial charge is 0.478 e. The third-order valence-corrected chi connectivity index (χ3v) is 4.13. The van der Waals surface area contributed by atoms with Gasteiger partial charge in [-0.1, -0.05) is 42.5 Å². The average molecular weight is 302 g/mol. The van der Waals surface area contributed by atoms with Gasteiger partial charge in [-0.2, -0.15) is 0 Å². The average Bonchev–Trinajstić information content (AvgIpc) is 2.48. The normalized spacial score (nSPS) is 11.8. The Morgan fingerprint density at radius 3 is 2.29 bits per heavy atom. The second-order valence-electron chi connectivity index (χ2n) is 4.52. The summed E-state index contributed by atoms with van der Waals surface area (Å²) in [4.78, 5) is 22.8. The third-order valence-electron chi connectivity index (χ3n) is 2.89. The Kier molecular flexibility index (Phi) is 5.00. The number of aromatic carboxylic acids is 1. The Labute approximate surface area is 124 Å². The van der Waals surface area contributed by atoms with Gasteiger partial charge in [0.25, 0.3) is 0 Å². The van der Waals surface area contributed by atoms with Crippen LogP contribution in [-0.2, 0) is 16.6 Å². The molecule has 1 N–H and O–H groups in total. The van der Waals surface area contributed by atoms with Gasteiger partial charge < -0.3 is 5.11 Å². The first-order chi connectivity index (χ1) is 10.1. The lowest BCUT2D eigenvalue weighted by atomic mass is 10.1. The van der Waals surface area contributed by atoms with Crippen molar-refractivity contribution < 1.29 is 18.9 Å². The third kappa shape index (κ3) is 4.36. The van der Waals surface area contributed by atoms with E-state index in [4.69, 9.17) is 5.11 Å². The van der Waals surface area contributed by atoms with Gasteiger partial charge in [0.05, 0.1) is 11.3 Å². The molecule has 0 heterocycles. The Morgan fingerprint density at radius 1 is 0.952 bits per heavy atom. The van der Waals surface area contributed by atoms with Crippen LogP contribution in [0.3, 0.4) is 0 Å². The van der Waals surface area contributed by atoms with Crippen molar-refractivity contribution >= 4 is 22.6 Å². The molecule has 0 fully saturated rings. The molecule has 5 heteroatoms. The summed E-state index contributed by atoms with van der Waals surface area (Å²) in [5.41, 5.74) is 1.33. The highest BCUT2D eigenvalue weighted by Gasteiger charge is 2.12. The monoisotopic (exact) mass is 302 g/mol. The van der Waals surface area contributed by atoms with Gasteiger partial charge in [0.2, 0.25) is 0 Å². The molecule has 0 aliphatic heterocycles. The smallest absolute Gasteiger partial charge is 0.335 e. The van der Waals surface area contributed by atoms with Gasteiger partial charge in [0, 0.05) is 22.1 Å². The van der Waals surface area contributed by atoms with E-state index < -0.39 is 16.8 Å². The minimum Gasteiger partial charge on any atom is -0.478 e. The van der Waals surface area contributed by atoms with E-state index in [-0.39, 0.29) is 22.9 Å². The van der Waals surface area contributed by atoms with Crippen molar-refractivity contribution in [2.75, 3.05) is 5.75 Å². The molecule has 0 spiro atoms. The van der Waals surface area contributed by atoms with Crippen molar-refractivity contribution in [1.82, 2.24) is 0 Å². The number of rotatable bonds is 6. The number of carboxylic acids is 1. The van der Waals surface area contributed by atoms with Crippen molar-refractivity contribution in [2.45, 2.75) is 5.75 Å². The van der Waals surface area contributed by atoms with Crippen LogP contribution in [0.5, 0.6) is 0 Å². The maximum absolute atomic E-state index is 12.0. The molecule has 0 saturated heterocycles. The Balaban J connectivity index is 2.00. The lowest BCUT2D eigenvalue weighted by Gasteiger charge is -2.04. The Bertz CT molecular complexity index is 680. The predicted octanol–water partition coefficient (Wildman–Crippen LogP) is 2.52. The summed E-state index contributed by atoms with van der Waals surface area (Å²) in [6.07, 6.45) is 0. The van der Waals surface area contributed by atoms with Crippen LogP contribution in [0.25, 0.3) is 0 Å². The van der Waals surface area contributed by atoms with Gasteiger partial charge in [-0.25, -0.2) is 4.79 Å². The first-order valence-electron chi connectivity index (χ1n) is 6.32. The van der Waals surface area contributed by atoms with E-state index in [1.54, 1.807) is 36.4 Å². The van der Waals surface area contributed by atoms with Crippen LogP contribution in [0.2, 0.25) is 0 Å². The molecule has 1 unspecified atom stereocenters. The van der Waals surface area contributed by atoms with Crippen LogP contribution in [-0.4, -0.2) is 26.8 Å². The predicted molar refractivity (Wildman–Crippen MR) is 80.9 cm³/mol. The zero-order valence-electron chi connectivity index (χ0n) is 11.2. The summed E-state index contributed by atoms with van der Waals surface area (Å²) in [7, 11) is -1.37. The zero-order valence-corrected chi connectivity index (χ0v) is 12.0. The fourth-order valence-corrected chi connectivity index (χ4v) is 3.00. The number of ketones is 1. The first kappa shape index (κ1) is 15.1. The van der Waals surface area contributed by atoms with Crippen molar-refractivity contribution in [3.05, 3.63) is 71.3 Å². The van der Waals surface area contributed by atoms with Crippen LogP contribution in [0.1, 0.15) is 26.3 Å². The van der Waals surface area contributed by atoms with Gasteiger partial charge in [0.15, 0.2) is 5.78 Å². The first-order valence-corrected chi connectivity index (χ1v) is 7.80. The van der Waals surface area contributed by atoms with Crippen LogP contribution < -0.4 is 0 Å². The van der Waals surface area contributed by atoms with E-state index in [0.717, 1.165) is 0 Å². The van der Waals surface area contributed by atoms with E-state index in [2.05, 4.69) is 0 Å². The van der Waals surface area contributed by atoms with Gasteiger partial charge in [-0.3, -0.25) is 9.00 Å². The summed E-state index contributed by atoms with van der Waals surface area (Å²) < 4.78 is 12.0. The standard InChI is InChI=1S/C16H14O4S/c17-15(13-6-2-1-3-7-13)11-21(20)10-12-5-4-8-14(9-12)16(18)19/h1-9H,10-11H2,(H,18,19). The minimum atomic E-state index is -1.37. The molecule has 2 aromatic carbocycles. The number of Topliss-reactive ketones (excluding diaryl/α,β-unsaturated/α-hetero) is 1. The van der Waals surface area contributed by atoms with Crippen molar-refractivity contribution in [1.29, 1.82) is 0 Å². The van der Waals surface area contributed by atoms with Crippen LogP contribution in [0.4, 0.5) is 0 Å². The number of carbonyl (C=O) groups excluding carboxylic acids is 1. The number of hydrogen-bond acceptors (Lipinski definition) is 3. The second-order valence-corrected chi connectivity index (χ2v) is 5.98. The van der Waals surface area contributed by atoms with E-state index in [1.165, 1.54) is 12.1 Å². The quantitative estimate of drug-likeness (QED) is 0.832. The summed E-state index contributed by atoms with van der Waals surface area (Å²) in [5, 5.41) is 8.91. The fraction of sp³-hybridized carbons (Fsp3) is 0.125. The van der Waals surface area contributed by atoms with Crippen molar-refractivity contribution in [3.8, 4) is 0 Å². The molecule has 0 bridgehead atoms. The summed E-state index contributed by atoms with van der Waals surface area (Å²) in [6.45, 7) is 0. The number of carbonyl (C=O) groups is 2. The molecule has 4 nitrogen and oxygen atoms in total.